The minimum atomic E-state index is 0.120. The number of hydrogen-bond acceptors (Lipinski definition) is 5. The van der Waals surface area contributed by atoms with Gasteiger partial charge in [0.05, 0.1) is 37.8 Å². The fourth-order valence-corrected chi connectivity index (χ4v) is 2.17. The molecule has 6 heteroatoms. The number of nitrogens with zero attached hydrogens (tertiary/aromatic N) is 3. The van der Waals surface area contributed by atoms with E-state index in [0.29, 0.717) is 19.8 Å². The van der Waals surface area contributed by atoms with Gasteiger partial charge in [0, 0.05) is 19.5 Å². The Hall–Kier alpha value is -0.980. The second kappa shape index (κ2) is 4.48. The van der Waals surface area contributed by atoms with Gasteiger partial charge in [-0.15, -0.1) is 5.10 Å². The summed E-state index contributed by atoms with van der Waals surface area (Å²) in [6, 6.07) is 0. The number of fused-ring (bicyclic) bond motifs is 1. The Bertz CT molecular complexity index is 360. The van der Waals surface area contributed by atoms with Crippen molar-refractivity contribution in [3.05, 3.63) is 11.4 Å². The molecule has 0 bridgehead atoms. The zero-order valence-corrected chi connectivity index (χ0v) is 9.19. The molecule has 1 N–H and O–H groups in total. The van der Waals surface area contributed by atoms with Crippen molar-refractivity contribution in [2.75, 3.05) is 26.4 Å². The Balaban J connectivity index is 1.71. The van der Waals surface area contributed by atoms with E-state index < -0.39 is 0 Å². The molecule has 0 spiro atoms. The number of aromatic nitrogens is 3. The van der Waals surface area contributed by atoms with E-state index >= 15 is 0 Å². The fraction of sp³-hybridized carbons (Fsp3) is 0.800. The van der Waals surface area contributed by atoms with Crippen LogP contribution in [0.5, 0.6) is 0 Å². The Kier molecular flexibility index (Phi) is 2.86. The Labute approximate surface area is 93.9 Å². The third-order valence-electron chi connectivity index (χ3n) is 3.01. The van der Waals surface area contributed by atoms with Gasteiger partial charge in [0.25, 0.3) is 0 Å². The number of rotatable bonds is 2. The van der Waals surface area contributed by atoms with Gasteiger partial charge in [0.2, 0.25) is 0 Å². The molecule has 1 unspecified atom stereocenters. The van der Waals surface area contributed by atoms with Crippen molar-refractivity contribution in [2.24, 2.45) is 0 Å². The van der Waals surface area contributed by atoms with Crippen LogP contribution in [0.4, 0.5) is 0 Å². The Morgan fingerprint density at radius 2 is 2.44 bits per heavy atom. The van der Waals surface area contributed by atoms with Crippen LogP contribution in [0.1, 0.15) is 11.4 Å². The largest absolute Gasteiger partial charge is 0.376 e. The highest BCUT2D eigenvalue weighted by atomic mass is 16.6. The van der Waals surface area contributed by atoms with Crippen molar-refractivity contribution in [3.63, 3.8) is 0 Å². The van der Waals surface area contributed by atoms with Gasteiger partial charge >= 0.3 is 0 Å². The minimum absolute atomic E-state index is 0.120. The van der Waals surface area contributed by atoms with Gasteiger partial charge in [0.1, 0.15) is 6.10 Å². The average molecular weight is 224 g/mol. The molecule has 1 atom stereocenters. The van der Waals surface area contributed by atoms with Gasteiger partial charge in [-0.25, -0.2) is 4.68 Å². The minimum Gasteiger partial charge on any atom is -0.376 e. The van der Waals surface area contributed by atoms with Gasteiger partial charge in [-0.1, -0.05) is 5.21 Å². The molecule has 1 fully saturated rings. The molecule has 0 amide bonds. The van der Waals surface area contributed by atoms with Crippen LogP contribution in [0.2, 0.25) is 0 Å². The third kappa shape index (κ3) is 1.95. The molecule has 3 heterocycles. The third-order valence-corrected chi connectivity index (χ3v) is 3.01. The second-order valence-electron chi connectivity index (χ2n) is 4.16. The fourth-order valence-electron chi connectivity index (χ4n) is 2.17. The van der Waals surface area contributed by atoms with Crippen molar-refractivity contribution in [3.8, 4) is 0 Å². The van der Waals surface area contributed by atoms with Crippen molar-refractivity contribution in [2.45, 2.75) is 25.6 Å². The van der Waals surface area contributed by atoms with Gasteiger partial charge in [-0.2, -0.15) is 0 Å². The zero-order chi connectivity index (χ0) is 10.8. The monoisotopic (exact) mass is 224 g/mol. The zero-order valence-electron chi connectivity index (χ0n) is 9.19. The maximum atomic E-state index is 5.61. The first-order valence-electron chi connectivity index (χ1n) is 5.75. The molecule has 2 aliphatic rings. The topological polar surface area (TPSA) is 61.2 Å². The SMILES string of the molecule is C1Cc2c(nnn2CC2COCCO2)CN1. The molecular weight excluding hydrogens is 208 g/mol. The maximum absolute atomic E-state index is 5.61. The number of ether oxygens (including phenoxy) is 2. The van der Waals surface area contributed by atoms with Crippen LogP contribution in [-0.2, 0) is 29.0 Å². The molecule has 1 saturated heterocycles. The summed E-state index contributed by atoms with van der Waals surface area (Å²) in [6.07, 6.45) is 1.12. The first kappa shape index (κ1) is 10.2. The van der Waals surface area contributed by atoms with Crippen LogP contribution >= 0.6 is 0 Å². The molecule has 16 heavy (non-hydrogen) atoms. The van der Waals surface area contributed by atoms with E-state index in [1.807, 2.05) is 4.68 Å². The average Bonchev–Trinajstić information content (AvgIpc) is 2.74. The van der Waals surface area contributed by atoms with E-state index in [2.05, 4.69) is 15.6 Å². The highest BCUT2D eigenvalue weighted by Gasteiger charge is 2.20. The van der Waals surface area contributed by atoms with Crippen LogP contribution in [0, 0.1) is 0 Å². The molecule has 0 radical (unpaired) electrons. The Morgan fingerprint density at radius 3 is 3.31 bits per heavy atom. The summed E-state index contributed by atoms with van der Waals surface area (Å²) < 4.78 is 13.0. The second-order valence-corrected chi connectivity index (χ2v) is 4.16. The molecule has 0 saturated carbocycles. The van der Waals surface area contributed by atoms with E-state index in [9.17, 15) is 0 Å². The molecule has 0 aromatic carbocycles. The molecule has 0 aliphatic carbocycles. The highest BCUT2D eigenvalue weighted by molar-refractivity contribution is 5.13. The number of hydrogen-bond donors (Lipinski definition) is 1. The molecule has 1 aromatic rings. The lowest BCUT2D eigenvalue weighted by Crippen LogP contribution is -2.34. The smallest absolute Gasteiger partial charge is 0.101 e. The van der Waals surface area contributed by atoms with E-state index in [-0.39, 0.29) is 6.10 Å². The summed E-state index contributed by atoms with van der Waals surface area (Å²) in [5, 5.41) is 11.6. The normalized spacial score (nSPS) is 25.4. The first-order valence-corrected chi connectivity index (χ1v) is 5.75. The number of nitrogens with one attached hydrogen (secondary N) is 1. The predicted molar refractivity (Wildman–Crippen MR) is 56.0 cm³/mol. The van der Waals surface area contributed by atoms with Gasteiger partial charge in [-0.3, -0.25) is 0 Å². The van der Waals surface area contributed by atoms with E-state index in [1.165, 1.54) is 5.69 Å². The standard InChI is InChI=1S/C10H16N4O2/c1-2-11-5-9-10(1)14(13-12-9)6-8-7-15-3-4-16-8/h8,11H,1-7H2. The lowest BCUT2D eigenvalue weighted by Gasteiger charge is -2.23. The van der Waals surface area contributed by atoms with E-state index in [0.717, 1.165) is 31.7 Å². The van der Waals surface area contributed by atoms with Gasteiger partial charge in [-0.05, 0) is 0 Å². The van der Waals surface area contributed by atoms with Crippen LogP contribution in [0.25, 0.3) is 0 Å². The van der Waals surface area contributed by atoms with E-state index in [4.69, 9.17) is 9.47 Å². The first-order chi connectivity index (χ1) is 7.93. The van der Waals surface area contributed by atoms with Crippen molar-refractivity contribution >= 4 is 0 Å². The van der Waals surface area contributed by atoms with E-state index in [1.54, 1.807) is 0 Å². The Morgan fingerprint density at radius 1 is 1.44 bits per heavy atom. The quantitative estimate of drug-likeness (QED) is 0.722. The molecule has 3 rings (SSSR count). The van der Waals surface area contributed by atoms with Crippen LogP contribution in [0.3, 0.4) is 0 Å². The molecular formula is C10H16N4O2. The summed E-state index contributed by atoms with van der Waals surface area (Å²) in [6.45, 7) is 4.63. The van der Waals surface area contributed by atoms with Gasteiger partial charge in [0.15, 0.2) is 0 Å². The van der Waals surface area contributed by atoms with Crippen molar-refractivity contribution < 1.29 is 9.47 Å². The predicted octanol–water partition coefficient (Wildman–Crippen LogP) is -0.661. The summed E-state index contributed by atoms with van der Waals surface area (Å²) in [4.78, 5) is 0. The molecule has 1 aromatic heterocycles. The van der Waals surface area contributed by atoms with Gasteiger partial charge < -0.3 is 14.8 Å². The van der Waals surface area contributed by atoms with Crippen molar-refractivity contribution in [1.82, 2.24) is 20.3 Å². The molecule has 88 valence electrons. The summed E-state index contributed by atoms with van der Waals surface area (Å²) in [5.74, 6) is 0. The summed E-state index contributed by atoms with van der Waals surface area (Å²) in [7, 11) is 0. The van der Waals surface area contributed by atoms with Crippen LogP contribution in [0.15, 0.2) is 0 Å². The summed E-state index contributed by atoms with van der Waals surface area (Å²) >= 11 is 0. The van der Waals surface area contributed by atoms with Crippen molar-refractivity contribution in [1.29, 1.82) is 0 Å². The maximum Gasteiger partial charge on any atom is 0.101 e. The highest BCUT2D eigenvalue weighted by Crippen LogP contribution is 2.12. The molecule has 6 nitrogen and oxygen atoms in total. The molecule has 2 aliphatic heterocycles. The van der Waals surface area contributed by atoms with Crippen LogP contribution < -0.4 is 5.32 Å². The summed E-state index contributed by atoms with van der Waals surface area (Å²) in [5.41, 5.74) is 2.32. The lowest BCUT2D eigenvalue weighted by atomic mass is 10.2. The lowest BCUT2D eigenvalue weighted by molar-refractivity contribution is -0.0950. The van der Waals surface area contributed by atoms with Crippen LogP contribution in [-0.4, -0.2) is 47.5 Å².